The molecule has 3 amide bonds. The number of rotatable bonds is 3. The van der Waals surface area contributed by atoms with Gasteiger partial charge in [-0.15, -0.1) is 0 Å². The van der Waals surface area contributed by atoms with E-state index >= 15 is 0 Å². The van der Waals surface area contributed by atoms with E-state index in [1.54, 1.807) is 35.4 Å². The fraction of sp³-hybridized carbons (Fsp3) is 0.276. The molecule has 0 spiro atoms. The third kappa shape index (κ3) is 5.67. The molecule has 0 unspecified atom stereocenters. The number of carbonyl (C=O) groups excluding carboxylic acids is 2. The molecule has 2 atom stereocenters. The van der Waals surface area contributed by atoms with Gasteiger partial charge in [-0.2, -0.15) is 0 Å². The Balaban J connectivity index is 1.52. The topological polar surface area (TPSA) is 125 Å². The summed E-state index contributed by atoms with van der Waals surface area (Å²) in [7, 11) is 0. The van der Waals surface area contributed by atoms with Gasteiger partial charge >= 0.3 is 6.09 Å². The van der Waals surface area contributed by atoms with E-state index in [0.717, 1.165) is 5.56 Å². The Bertz CT molecular complexity index is 1530. The molecule has 9 nitrogen and oxygen atoms in total. The lowest BCUT2D eigenvalue weighted by molar-refractivity contribution is -0.129. The molecule has 0 saturated carbocycles. The number of aromatic nitrogens is 2. The summed E-state index contributed by atoms with van der Waals surface area (Å²) in [6, 6.07) is 9.62. The van der Waals surface area contributed by atoms with Crippen molar-refractivity contribution in [1.29, 1.82) is 0 Å². The molecule has 2 aliphatic rings. The first-order valence-electron chi connectivity index (χ1n) is 12.9. The molecule has 2 aliphatic heterocycles. The van der Waals surface area contributed by atoms with E-state index in [0.29, 0.717) is 60.4 Å². The average Bonchev–Trinajstić information content (AvgIpc) is 2.92. The Morgan fingerprint density at radius 3 is 2.73 bits per heavy atom. The number of halogens is 2. The summed E-state index contributed by atoms with van der Waals surface area (Å²) in [6.07, 6.45) is 5.48. The van der Waals surface area contributed by atoms with Gasteiger partial charge in [0.15, 0.2) is 5.82 Å². The molecular formula is C29H27ClFN5O4. The third-order valence-electron chi connectivity index (χ3n) is 7.25. The minimum Gasteiger partial charge on any atom is -0.465 e. The van der Waals surface area contributed by atoms with E-state index in [1.165, 1.54) is 18.3 Å². The van der Waals surface area contributed by atoms with Crippen LogP contribution < -0.4 is 10.6 Å². The van der Waals surface area contributed by atoms with Crippen LogP contribution in [0.25, 0.3) is 16.7 Å². The van der Waals surface area contributed by atoms with Crippen molar-refractivity contribution in [3.63, 3.8) is 0 Å². The fourth-order valence-electron chi connectivity index (χ4n) is 5.16. The van der Waals surface area contributed by atoms with Gasteiger partial charge in [0.25, 0.3) is 0 Å². The molecule has 1 aromatic carbocycles. The van der Waals surface area contributed by atoms with Crippen LogP contribution >= 0.6 is 11.6 Å². The van der Waals surface area contributed by atoms with Gasteiger partial charge in [0.05, 0.1) is 22.4 Å². The highest BCUT2D eigenvalue weighted by Gasteiger charge is 2.31. The molecule has 3 N–H and O–H groups in total. The van der Waals surface area contributed by atoms with Gasteiger partial charge in [0, 0.05) is 42.2 Å². The fourth-order valence-corrected chi connectivity index (χ4v) is 5.31. The van der Waals surface area contributed by atoms with Crippen molar-refractivity contribution in [3.05, 3.63) is 77.1 Å². The van der Waals surface area contributed by atoms with Crippen LogP contribution in [0.1, 0.15) is 50.0 Å². The van der Waals surface area contributed by atoms with E-state index in [-0.39, 0.29) is 34.5 Å². The summed E-state index contributed by atoms with van der Waals surface area (Å²) in [6.45, 7) is 2.17. The third-order valence-corrected chi connectivity index (χ3v) is 7.54. The number of carboxylic acid groups (broad SMARTS) is 1. The predicted molar refractivity (Wildman–Crippen MR) is 149 cm³/mol. The average molecular weight is 564 g/mol. The maximum Gasteiger partial charge on any atom is 0.409 e. The van der Waals surface area contributed by atoms with Crippen molar-refractivity contribution in [2.45, 2.75) is 38.6 Å². The zero-order valence-corrected chi connectivity index (χ0v) is 22.4. The van der Waals surface area contributed by atoms with Crippen molar-refractivity contribution in [1.82, 2.24) is 14.9 Å². The highest BCUT2D eigenvalue weighted by atomic mass is 35.5. The lowest BCUT2D eigenvalue weighted by Crippen LogP contribution is -2.38. The molecule has 40 heavy (non-hydrogen) atoms. The molecule has 2 aromatic heterocycles. The molecule has 0 radical (unpaired) electrons. The van der Waals surface area contributed by atoms with Crippen LogP contribution in [0.15, 0.2) is 54.9 Å². The number of hydrogen-bond acceptors (Lipinski definition) is 5. The lowest BCUT2D eigenvalue weighted by Gasteiger charge is -2.34. The number of amides is 3. The minimum atomic E-state index is -1.21. The first-order chi connectivity index (χ1) is 19.2. The Labute approximate surface area is 235 Å². The van der Waals surface area contributed by atoms with Gasteiger partial charge < -0.3 is 15.3 Å². The van der Waals surface area contributed by atoms with Crippen LogP contribution in [-0.2, 0) is 9.59 Å². The summed E-state index contributed by atoms with van der Waals surface area (Å²) in [5, 5.41) is 14.4. The molecule has 0 aliphatic carbocycles. The summed E-state index contributed by atoms with van der Waals surface area (Å²) < 4.78 is 14.6. The lowest BCUT2D eigenvalue weighted by atomic mass is 9.93. The molecule has 5 rings (SSSR count). The molecule has 0 fully saturated rings. The van der Waals surface area contributed by atoms with E-state index in [4.69, 9.17) is 16.7 Å². The number of carbonyl (C=O) groups is 3. The molecule has 0 saturated heterocycles. The van der Waals surface area contributed by atoms with Gasteiger partial charge in [0.1, 0.15) is 5.69 Å². The number of benzene rings is 1. The molecule has 206 valence electrons. The van der Waals surface area contributed by atoms with Gasteiger partial charge in [-0.3, -0.25) is 24.9 Å². The van der Waals surface area contributed by atoms with E-state index in [9.17, 15) is 18.8 Å². The van der Waals surface area contributed by atoms with Crippen LogP contribution in [0.5, 0.6) is 0 Å². The maximum absolute atomic E-state index is 14.6. The highest BCUT2D eigenvalue weighted by Crippen LogP contribution is 2.37. The highest BCUT2D eigenvalue weighted by molar-refractivity contribution is 6.30. The summed E-state index contributed by atoms with van der Waals surface area (Å²) in [5.41, 5.74) is 3.49. The maximum atomic E-state index is 14.6. The number of anilines is 2. The van der Waals surface area contributed by atoms with Crippen molar-refractivity contribution >= 4 is 46.5 Å². The second-order valence-corrected chi connectivity index (χ2v) is 10.3. The normalized spacial score (nSPS) is 19.5. The van der Waals surface area contributed by atoms with Crippen LogP contribution in [0.4, 0.5) is 20.6 Å². The van der Waals surface area contributed by atoms with Gasteiger partial charge in [-0.25, -0.2) is 9.18 Å². The first-order valence-corrected chi connectivity index (χ1v) is 13.3. The van der Waals surface area contributed by atoms with Crippen LogP contribution in [0.3, 0.4) is 0 Å². The van der Waals surface area contributed by atoms with Crippen molar-refractivity contribution in [2.24, 2.45) is 5.92 Å². The molecular weight excluding hydrogens is 537 g/mol. The SMILES string of the molecule is C[C@@H]1CCC[C@H](N2CCC(c3nccc(Cl)c3F)=CC2=O)c2cc(ccn2)-c2ccc(NC(=O)O)cc2NC1=O. The zero-order valence-electron chi connectivity index (χ0n) is 21.7. The van der Waals surface area contributed by atoms with E-state index in [2.05, 4.69) is 20.6 Å². The quantitative estimate of drug-likeness (QED) is 0.351. The van der Waals surface area contributed by atoms with Crippen LogP contribution in [0.2, 0.25) is 5.02 Å². The second kappa shape index (κ2) is 11.4. The number of fused-ring (bicyclic) bond motifs is 4. The van der Waals surface area contributed by atoms with Gasteiger partial charge in [0.2, 0.25) is 11.8 Å². The number of pyridine rings is 2. The summed E-state index contributed by atoms with van der Waals surface area (Å²) >= 11 is 5.93. The summed E-state index contributed by atoms with van der Waals surface area (Å²) in [5.74, 6) is -1.43. The minimum absolute atomic E-state index is 0.0505. The largest absolute Gasteiger partial charge is 0.465 e. The Morgan fingerprint density at radius 2 is 1.95 bits per heavy atom. The first kappa shape index (κ1) is 27.3. The monoisotopic (exact) mass is 563 g/mol. The molecule has 4 heterocycles. The van der Waals surface area contributed by atoms with E-state index in [1.807, 2.05) is 13.0 Å². The smallest absolute Gasteiger partial charge is 0.409 e. The predicted octanol–water partition coefficient (Wildman–Crippen LogP) is 6.14. The van der Waals surface area contributed by atoms with Crippen molar-refractivity contribution in [2.75, 3.05) is 17.2 Å². The second-order valence-electron chi connectivity index (χ2n) is 9.90. The van der Waals surface area contributed by atoms with Crippen molar-refractivity contribution in [3.8, 4) is 11.1 Å². The molecule has 2 bridgehead atoms. The van der Waals surface area contributed by atoms with Gasteiger partial charge in [-0.05, 0) is 60.7 Å². The molecule has 3 aromatic rings. The standard InChI is InChI=1S/C29H27ClFN5O4/c1-16-3-2-4-24(36-12-9-18(14-25(36)37)27-26(31)21(30)8-11-33-27)23-13-17(7-10-32-23)20-6-5-19(34-29(39)40)15-22(20)35-28(16)38/h5-8,10-11,13-16,24,34H,2-4,9,12H2,1H3,(H,35,38)(H,39,40)/t16-,24+/m1/s1. The Hall–Kier alpha value is -4.31. The number of nitrogens with one attached hydrogen (secondary N) is 2. The van der Waals surface area contributed by atoms with Crippen LogP contribution in [-0.4, -0.2) is 44.4 Å². The van der Waals surface area contributed by atoms with Crippen LogP contribution in [0, 0.1) is 11.7 Å². The molecule has 11 heteroatoms. The van der Waals surface area contributed by atoms with E-state index < -0.39 is 11.9 Å². The zero-order chi connectivity index (χ0) is 28.4. The number of hydrogen-bond donors (Lipinski definition) is 3. The number of nitrogens with zero attached hydrogens (tertiary/aromatic N) is 3. The summed E-state index contributed by atoms with van der Waals surface area (Å²) in [4.78, 5) is 48.1. The Morgan fingerprint density at radius 1 is 1.15 bits per heavy atom. The van der Waals surface area contributed by atoms with Gasteiger partial charge in [-0.1, -0.05) is 31.0 Å². The van der Waals surface area contributed by atoms with Crippen molar-refractivity contribution < 1.29 is 23.9 Å². The Kier molecular flexibility index (Phi) is 7.79.